The molecule has 26 heavy (non-hydrogen) atoms. The Hall–Kier alpha value is -1.31. The lowest BCUT2D eigenvalue weighted by Gasteiger charge is -2.20. The highest BCUT2D eigenvalue weighted by Gasteiger charge is 2.22. The Morgan fingerprint density at radius 3 is 2.88 bits per heavy atom. The normalized spacial score (nSPS) is 14.2. The van der Waals surface area contributed by atoms with Crippen LogP contribution in [0.3, 0.4) is 0 Å². The molecule has 2 rings (SSSR count). The van der Waals surface area contributed by atoms with Gasteiger partial charge in [-0.1, -0.05) is 18.5 Å². The summed E-state index contributed by atoms with van der Waals surface area (Å²) < 4.78 is 10.8. The van der Waals surface area contributed by atoms with Gasteiger partial charge in [0.1, 0.15) is 10.7 Å². The van der Waals surface area contributed by atoms with Crippen LogP contribution in [0.15, 0.2) is 28.9 Å². The molecule has 0 spiro atoms. The highest BCUT2D eigenvalue weighted by molar-refractivity contribution is 8.04. The highest BCUT2D eigenvalue weighted by atomic mass is 35.5. The van der Waals surface area contributed by atoms with Gasteiger partial charge in [0.05, 0.1) is 29.0 Å². The Kier molecular flexibility index (Phi) is 8.18. The molecule has 0 unspecified atom stereocenters. The maximum absolute atomic E-state index is 12.7. The number of hydrogen-bond acceptors (Lipinski definition) is 6. The van der Waals surface area contributed by atoms with E-state index in [1.165, 1.54) is 17.8 Å². The van der Waals surface area contributed by atoms with Gasteiger partial charge in [0.25, 0.3) is 5.91 Å². The smallest absolute Gasteiger partial charge is 0.339 e. The molecule has 5 nitrogen and oxygen atoms in total. The topological polar surface area (TPSA) is 64.6 Å². The fraction of sp³-hybridized carbons (Fsp3) is 0.444. The summed E-state index contributed by atoms with van der Waals surface area (Å²) in [6.45, 7) is 6.19. The van der Waals surface area contributed by atoms with Gasteiger partial charge in [-0.05, 0) is 37.8 Å². The molecule has 1 N–H and O–H groups in total. The number of benzene rings is 1. The summed E-state index contributed by atoms with van der Waals surface area (Å²) in [5.41, 5.74) is 0.706. The summed E-state index contributed by atoms with van der Waals surface area (Å²) >= 11 is 9.27. The number of esters is 1. The molecule has 0 bridgehead atoms. The number of nitrogens with one attached hydrogen (secondary N) is 1. The van der Waals surface area contributed by atoms with E-state index in [9.17, 15) is 9.59 Å². The van der Waals surface area contributed by atoms with Crippen molar-refractivity contribution in [1.29, 1.82) is 0 Å². The predicted octanol–water partition coefficient (Wildman–Crippen LogP) is 4.57. The lowest BCUT2D eigenvalue weighted by molar-refractivity contribution is -0.112. The van der Waals surface area contributed by atoms with Gasteiger partial charge < -0.3 is 14.8 Å². The van der Waals surface area contributed by atoms with Crippen molar-refractivity contribution in [3.05, 3.63) is 39.4 Å². The number of hydrogen-bond donors (Lipinski definition) is 1. The summed E-state index contributed by atoms with van der Waals surface area (Å²) in [7, 11) is 0. The zero-order chi connectivity index (χ0) is 19.1. The zero-order valence-electron chi connectivity index (χ0n) is 15.0. The number of carbonyl (C=O) groups excluding carboxylic acids is 2. The molecule has 1 heterocycles. The molecule has 0 aliphatic carbocycles. The number of halogens is 1. The number of carbonyl (C=O) groups is 2. The molecule has 0 aromatic heterocycles. The molecule has 8 heteroatoms. The molecule has 0 atom stereocenters. The van der Waals surface area contributed by atoms with Gasteiger partial charge in [0.15, 0.2) is 0 Å². The first-order valence-corrected chi connectivity index (χ1v) is 10.8. The average molecular weight is 416 g/mol. The van der Waals surface area contributed by atoms with Gasteiger partial charge in [0.2, 0.25) is 0 Å². The summed E-state index contributed by atoms with van der Waals surface area (Å²) in [5.74, 6) is 2.29. The van der Waals surface area contributed by atoms with Crippen LogP contribution in [0.25, 0.3) is 0 Å². The maximum atomic E-state index is 12.7. The second-order valence-electron chi connectivity index (χ2n) is 5.69. The summed E-state index contributed by atoms with van der Waals surface area (Å²) in [4.78, 5) is 25.4. The van der Waals surface area contributed by atoms with Gasteiger partial charge in [0, 0.05) is 11.4 Å². The Morgan fingerprint density at radius 2 is 2.19 bits per heavy atom. The fourth-order valence-electron chi connectivity index (χ4n) is 2.17. The van der Waals surface area contributed by atoms with E-state index in [-0.39, 0.29) is 22.6 Å². The molecule has 0 radical (unpaired) electrons. The van der Waals surface area contributed by atoms with Crippen LogP contribution in [0.4, 0.5) is 5.69 Å². The van der Waals surface area contributed by atoms with Gasteiger partial charge in [-0.15, -0.1) is 11.8 Å². The molecule has 142 valence electrons. The standard InChI is InChI=1S/C18H22ClNO4S2/c1-4-25-10-15-16(26-8-7-23-15)17(21)20-12-5-6-14(19)13(9-12)18(22)24-11(2)3/h5-6,9,11H,4,7-8,10H2,1-3H3,(H,20,21). The number of amides is 1. The third-order valence-corrected chi connectivity index (χ3v) is 5.57. The van der Waals surface area contributed by atoms with Crippen molar-refractivity contribution in [3.8, 4) is 0 Å². The Labute approximate surface area is 167 Å². The first-order chi connectivity index (χ1) is 12.4. The second kappa shape index (κ2) is 10.1. The third-order valence-electron chi connectivity index (χ3n) is 3.29. The molecule has 1 amide bonds. The molecule has 0 saturated heterocycles. The molecule has 1 aliphatic rings. The van der Waals surface area contributed by atoms with Crippen LogP contribution in [-0.4, -0.2) is 41.8 Å². The van der Waals surface area contributed by atoms with Crippen molar-refractivity contribution < 1.29 is 19.1 Å². The van der Waals surface area contributed by atoms with Crippen LogP contribution in [0.1, 0.15) is 31.1 Å². The first kappa shape index (κ1) is 21.0. The lowest BCUT2D eigenvalue weighted by Crippen LogP contribution is -2.20. The van der Waals surface area contributed by atoms with Crippen LogP contribution in [0, 0.1) is 0 Å². The van der Waals surface area contributed by atoms with Crippen molar-refractivity contribution >= 4 is 52.7 Å². The van der Waals surface area contributed by atoms with Crippen LogP contribution in [0.2, 0.25) is 5.02 Å². The van der Waals surface area contributed by atoms with Gasteiger partial charge in [-0.25, -0.2) is 4.79 Å². The van der Waals surface area contributed by atoms with E-state index in [1.807, 2.05) is 0 Å². The molecule has 1 aromatic carbocycles. The van der Waals surface area contributed by atoms with Gasteiger partial charge in [-0.3, -0.25) is 4.79 Å². The van der Waals surface area contributed by atoms with E-state index in [0.29, 0.717) is 28.7 Å². The highest BCUT2D eigenvalue weighted by Crippen LogP contribution is 2.30. The van der Waals surface area contributed by atoms with E-state index >= 15 is 0 Å². The van der Waals surface area contributed by atoms with Crippen molar-refractivity contribution in [2.45, 2.75) is 26.9 Å². The molecular formula is C18H22ClNO4S2. The Bertz CT molecular complexity index is 706. The molecule has 1 aromatic rings. The van der Waals surface area contributed by atoms with Crippen LogP contribution in [0.5, 0.6) is 0 Å². The summed E-state index contributed by atoms with van der Waals surface area (Å²) in [6.07, 6.45) is -0.253. The zero-order valence-corrected chi connectivity index (χ0v) is 17.4. The monoisotopic (exact) mass is 415 g/mol. The summed E-state index contributed by atoms with van der Waals surface area (Å²) in [6, 6.07) is 4.75. The van der Waals surface area contributed by atoms with Crippen LogP contribution < -0.4 is 5.32 Å². The quantitative estimate of drug-likeness (QED) is 0.658. The van der Waals surface area contributed by atoms with Crippen molar-refractivity contribution in [2.75, 3.05) is 29.2 Å². The van der Waals surface area contributed by atoms with E-state index < -0.39 is 5.97 Å². The van der Waals surface area contributed by atoms with E-state index in [1.54, 1.807) is 37.7 Å². The number of rotatable bonds is 7. The minimum atomic E-state index is -0.518. The third kappa shape index (κ3) is 5.86. The largest absolute Gasteiger partial charge is 0.495 e. The van der Waals surface area contributed by atoms with Crippen LogP contribution in [-0.2, 0) is 14.3 Å². The minimum absolute atomic E-state index is 0.224. The Morgan fingerprint density at radius 1 is 1.42 bits per heavy atom. The maximum Gasteiger partial charge on any atom is 0.339 e. The van der Waals surface area contributed by atoms with E-state index in [2.05, 4.69) is 12.2 Å². The Balaban J connectivity index is 2.17. The lowest BCUT2D eigenvalue weighted by atomic mass is 10.2. The van der Waals surface area contributed by atoms with Crippen molar-refractivity contribution in [3.63, 3.8) is 0 Å². The van der Waals surface area contributed by atoms with Crippen molar-refractivity contribution in [2.24, 2.45) is 0 Å². The SMILES string of the molecule is CCSCC1=C(C(=O)Nc2ccc(Cl)c(C(=O)OC(C)C)c2)SCCO1. The van der Waals surface area contributed by atoms with E-state index in [4.69, 9.17) is 21.1 Å². The molecule has 1 aliphatic heterocycles. The van der Waals surface area contributed by atoms with Gasteiger partial charge in [-0.2, -0.15) is 11.8 Å². The number of ether oxygens (including phenoxy) is 2. The molecule has 0 fully saturated rings. The van der Waals surface area contributed by atoms with Crippen LogP contribution >= 0.6 is 35.1 Å². The average Bonchev–Trinajstić information content (AvgIpc) is 2.61. The fourth-order valence-corrected chi connectivity index (χ4v) is 3.92. The van der Waals surface area contributed by atoms with E-state index in [0.717, 1.165) is 11.5 Å². The number of anilines is 1. The molecular weight excluding hydrogens is 394 g/mol. The first-order valence-electron chi connectivity index (χ1n) is 8.30. The van der Waals surface area contributed by atoms with Crippen molar-refractivity contribution in [1.82, 2.24) is 0 Å². The van der Waals surface area contributed by atoms with Gasteiger partial charge >= 0.3 is 5.97 Å². The summed E-state index contributed by atoms with van der Waals surface area (Å²) in [5, 5.41) is 3.10. The minimum Gasteiger partial charge on any atom is -0.495 e. The predicted molar refractivity (Wildman–Crippen MR) is 109 cm³/mol. The number of thioether (sulfide) groups is 2. The molecule has 0 saturated carbocycles. The second-order valence-corrected chi connectivity index (χ2v) is 8.48.